The summed E-state index contributed by atoms with van der Waals surface area (Å²) in [6.07, 6.45) is 0.912. The maximum Gasteiger partial charge on any atom is 0.326 e. The summed E-state index contributed by atoms with van der Waals surface area (Å²) in [5.41, 5.74) is 8.04. The van der Waals surface area contributed by atoms with Crippen LogP contribution in [0.1, 0.15) is 31.4 Å². The predicted molar refractivity (Wildman–Crippen MR) is 149 cm³/mol. The first-order valence-corrected chi connectivity index (χ1v) is 13.4. The standard InChI is InChI=1S/C29H39N5O6/c1-18(2)12-24(29(39)40)33-27(37)23(14-19-6-4-3-5-7-19)32-28(38)25-16-34(17-26(36)31-25)15-21(30)13-20-8-10-22(35)11-9-20/h3-11,18,21,23-25,35H,12-17,30H2,1-2H3,(H,31,36)(H,32,38)(H,33,37)(H,39,40)/t21-,23-,24-,25-/m0/s1. The number of hydrogen-bond donors (Lipinski definition) is 6. The summed E-state index contributed by atoms with van der Waals surface area (Å²) in [5.74, 6) is -2.44. The van der Waals surface area contributed by atoms with Crippen LogP contribution in [0.5, 0.6) is 5.75 Å². The highest BCUT2D eigenvalue weighted by molar-refractivity contribution is 5.94. The van der Waals surface area contributed by atoms with Crippen molar-refractivity contribution in [1.82, 2.24) is 20.9 Å². The molecule has 1 saturated heterocycles. The highest BCUT2D eigenvalue weighted by Crippen LogP contribution is 2.13. The number of nitrogens with zero attached hydrogens (tertiary/aromatic N) is 1. The summed E-state index contributed by atoms with van der Waals surface area (Å²) in [6.45, 7) is 4.36. The topological polar surface area (TPSA) is 174 Å². The average molecular weight is 554 g/mol. The Morgan fingerprint density at radius 3 is 2.27 bits per heavy atom. The number of piperazine rings is 1. The third kappa shape index (κ3) is 9.65. The quantitative estimate of drug-likeness (QED) is 0.207. The molecule has 1 fully saturated rings. The zero-order chi connectivity index (χ0) is 29.2. The largest absolute Gasteiger partial charge is 0.508 e. The molecule has 0 saturated carbocycles. The summed E-state index contributed by atoms with van der Waals surface area (Å²) >= 11 is 0. The normalized spacial score (nSPS) is 17.9. The number of carboxylic acids is 1. The molecule has 0 aromatic heterocycles. The van der Waals surface area contributed by atoms with Crippen molar-refractivity contribution < 1.29 is 29.4 Å². The number of rotatable bonds is 13. The summed E-state index contributed by atoms with van der Waals surface area (Å²) in [6, 6.07) is 12.4. The molecule has 0 bridgehead atoms. The molecule has 11 heteroatoms. The summed E-state index contributed by atoms with van der Waals surface area (Å²) in [7, 11) is 0. The van der Waals surface area contributed by atoms with Crippen LogP contribution in [0.4, 0.5) is 0 Å². The fraction of sp³-hybridized carbons (Fsp3) is 0.448. The number of carboxylic acid groups (broad SMARTS) is 1. The Morgan fingerprint density at radius 1 is 1.00 bits per heavy atom. The van der Waals surface area contributed by atoms with Gasteiger partial charge in [0.05, 0.1) is 6.54 Å². The van der Waals surface area contributed by atoms with Crippen molar-refractivity contribution in [3.63, 3.8) is 0 Å². The first kappa shape index (κ1) is 30.6. The van der Waals surface area contributed by atoms with Crippen LogP contribution in [0.3, 0.4) is 0 Å². The monoisotopic (exact) mass is 553 g/mol. The van der Waals surface area contributed by atoms with E-state index in [1.54, 1.807) is 29.2 Å². The van der Waals surface area contributed by atoms with Gasteiger partial charge in [-0.2, -0.15) is 0 Å². The molecule has 2 aromatic rings. The first-order valence-electron chi connectivity index (χ1n) is 13.4. The van der Waals surface area contributed by atoms with E-state index in [2.05, 4.69) is 16.0 Å². The maximum atomic E-state index is 13.3. The van der Waals surface area contributed by atoms with Crippen LogP contribution in [0, 0.1) is 5.92 Å². The van der Waals surface area contributed by atoms with Gasteiger partial charge in [0.15, 0.2) is 0 Å². The van der Waals surface area contributed by atoms with E-state index >= 15 is 0 Å². The Bertz CT molecular complexity index is 1160. The van der Waals surface area contributed by atoms with Crippen LogP contribution in [0.25, 0.3) is 0 Å². The van der Waals surface area contributed by atoms with Crippen LogP contribution in [-0.2, 0) is 32.0 Å². The molecule has 216 valence electrons. The average Bonchev–Trinajstić information content (AvgIpc) is 2.89. The molecular formula is C29H39N5O6. The molecule has 2 aromatic carbocycles. The van der Waals surface area contributed by atoms with Crippen LogP contribution < -0.4 is 21.7 Å². The lowest BCUT2D eigenvalue weighted by atomic mass is 10.0. The molecule has 1 aliphatic heterocycles. The van der Waals surface area contributed by atoms with E-state index in [0.717, 1.165) is 11.1 Å². The molecule has 0 unspecified atom stereocenters. The van der Waals surface area contributed by atoms with Crippen molar-refractivity contribution in [2.45, 2.75) is 57.3 Å². The number of hydrogen-bond acceptors (Lipinski definition) is 7. The second kappa shape index (κ2) is 14.4. The Kier molecular flexibility index (Phi) is 11.0. The van der Waals surface area contributed by atoms with Crippen molar-refractivity contribution in [2.24, 2.45) is 11.7 Å². The van der Waals surface area contributed by atoms with Crippen molar-refractivity contribution in [2.75, 3.05) is 19.6 Å². The number of carbonyl (C=O) groups excluding carboxylic acids is 3. The number of nitrogens with one attached hydrogen (secondary N) is 3. The van der Waals surface area contributed by atoms with Gasteiger partial charge in [-0.05, 0) is 42.0 Å². The Balaban J connectivity index is 1.67. The molecule has 0 spiro atoms. The second-order valence-corrected chi connectivity index (χ2v) is 10.7. The van der Waals surface area contributed by atoms with Crippen molar-refractivity contribution in [1.29, 1.82) is 0 Å². The van der Waals surface area contributed by atoms with E-state index in [0.29, 0.717) is 13.0 Å². The van der Waals surface area contributed by atoms with Gasteiger partial charge in [0.25, 0.3) is 0 Å². The molecule has 1 heterocycles. The zero-order valence-corrected chi connectivity index (χ0v) is 22.9. The molecular weight excluding hydrogens is 514 g/mol. The Morgan fingerprint density at radius 2 is 1.65 bits per heavy atom. The number of nitrogens with two attached hydrogens (primary N) is 1. The van der Waals surface area contributed by atoms with Gasteiger partial charge in [-0.25, -0.2) is 4.79 Å². The van der Waals surface area contributed by atoms with Crippen LogP contribution in [0.15, 0.2) is 54.6 Å². The van der Waals surface area contributed by atoms with E-state index < -0.39 is 35.9 Å². The van der Waals surface area contributed by atoms with Gasteiger partial charge in [-0.15, -0.1) is 0 Å². The lowest BCUT2D eigenvalue weighted by Gasteiger charge is -2.34. The van der Waals surface area contributed by atoms with Gasteiger partial charge in [-0.1, -0.05) is 56.3 Å². The number of aromatic hydroxyl groups is 1. The van der Waals surface area contributed by atoms with Crippen LogP contribution in [-0.4, -0.2) is 82.6 Å². The molecule has 3 amide bonds. The van der Waals surface area contributed by atoms with E-state index in [-0.39, 0.29) is 49.5 Å². The van der Waals surface area contributed by atoms with Crippen molar-refractivity contribution >= 4 is 23.7 Å². The minimum absolute atomic E-state index is 0.0346. The van der Waals surface area contributed by atoms with E-state index in [4.69, 9.17) is 5.73 Å². The lowest BCUT2D eigenvalue weighted by molar-refractivity contribution is -0.143. The van der Waals surface area contributed by atoms with E-state index in [1.165, 1.54) is 0 Å². The van der Waals surface area contributed by atoms with Gasteiger partial charge in [0.1, 0.15) is 23.9 Å². The first-order chi connectivity index (χ1) is 19.0. The van der Waals surface area contributed by atoms with Gasteiger partial charge < -0.3 is 31.9 Å². The number of amides is 3. The smallest absolute Gasteiger partial charge is 0.326 e. The Hall–Kier alpha value is -3.96. The van der Waals surface area contributed by atoms with E-state index in [9.17, 15) is 29.4 Å². The molecule has 4 atom stereocenters. The number of aliphatic carboxylic acids is 1. The zero-order valence-electron chi connectivity index (χ0n) is 22.9. The molecule has 1 aliphatic rings. The van der Waals surface area contributed by atoms with Gasteiger partial charge in [-0.3, -0.25) is 19.3 Å². The van der Waals surface area contributed by atoms with Crippen LogP contribution >= 0.6 is 0 Å². The molecule has 3 rings (SSSR count). The molecule has 0 aliphatic carbocycles. The number of benzene rings is 2. The van der Waals surface area contributed by atoms with Crippen molar-refractivity contribution in [3.8, 4) is 5.75 Å². The molecule has 0 radical (unpaired) electrons. The fourth-order valence-electron chi connectivity index (χ4n) is 4.73. The molecule has 11 nitrogen and oxygen atoms in total. The third-order valence-corrected chi connectivity index (χ3v) is 6.62. The summed E-state index contributed by atoms with van der Waals surface area (Å²) in [5, 5.41) is 27.0. The second-order valence-electron chi connectivity index (χ2n) is 10.7. The molecule has 40 heavy (non-hydrogen) atoms. The Labute approximate surface area is 234 Å². The highest BCUT2D eigenvalue weighted by atomic mass is 16.4. The SMILES string of the molecule is CC(C)C[C@H](NC(=O)[C@H](Cc1ccccc1)NC(=O)[C@@H]1CN(C[C@@H](N)Cc2ccc(O)cc2)CC(=O)N1)C(=O)O. The number of phenols is 1. The van der Waals surface area contributed by atoms with Gasteiger partial charge in [0, 0.05) is 25.6 Å². The third-order valence-electron chi connectivity index (χ3n) is 6.62. The van der Waals surface area contributed by atoms with Gasteiger partial charge in [0.2, 0.25) is 17.7 Å². The highest BCUT2D eigenvalue weighted by Gasteiger charge is 2.33. The van der Waals surface area contributed by atoms with Crippen LogP contribution in [0.2, 0.25) is 0 Å². The minimum atomic E-state index is -1.15. The predicted octanol–water partition coefficient (Wildman–Crippen LogP) is 0.405. The number of phenolic OH excluding ortho intramolecular Hbond substituents is 1. The fourth-order valence-corrected chi connectivity index (χ4v) is 4.73. The minimum Gasteiger partial charge on any atom is -0.508 e. The summed E-state index contributed by atoms with van der Waals surface area (Å²) < 4.78 is 0. The van der Waals surface area contributed by atoms with E-state index in [1.807, 2.05) is 44.2 Å². The number of carbonyl (C=O) groups is 4. The van der Waals surface area contributed by atoms with Gasteiger partial charge >= 0.3 is 5.97 Å². The van der Waals surface area contributed by atoms with Crippen molar-refractivity contribution in [3.05, 3.63) is 65.7 Å². The molecule has 7 N–H and O–H groups in total. The lowest BCUT2D eigenvalue weighted by Crippen LogP contribution is -2.63. The summed E-state index contributed by atoms with van der Waals surface area (Å²) in [4.78, 5) is 52.5. The maximum absolute atomic E-state index is 13.3.